The van der Waals surface area contributed by atoms with Gasteiger partial charge in [0.25, 0.3) is 0 Å². The molecule has 0 fully saturated rings. The van der Waals surface area contributed by atoms with E-state index in [9.17, 15) is 0 Å². The van der Waals surface area contributed by atoms with E-state index in [4.69, 9.17) is 0 Å². The molecule has 10 heavy (non-hydrogen) atoms. The molecular formula is C7H9N3+2. The Morgan fingerprint density at radius 3 is 3.20 bits per heavy atom. The molecule has 0 radical (unpaired) electrons. The molecule has 2 rings (SSSR count). The molecule has 0 bridgehead atoms. The van der Waals surface area contributed by atoms with Gasteiger partial charge in [-0.15, -0.1) is 0 Å². The summed E-state index contributed by atoms with van der Waals surface area (Å²) < 4.78 is 1.95. The third-order valence-electron chi connectivity index (χ3n) is 1.50. The minimum atomic E-state index is 0. The van der Waals surface area contributed by atoms with Gasteiger partial charge in [-0.25, -0.2) is 9.97 Å². The fourth-order valence-electron chi connectivity index (χ4n) is 0.967. The van der Waals surface area contributed by atoms with Gasteiger partial charge in [-0.1, -0.05) is 0 Å². The molecule has 0 aromatic carbocycles. The first-order valence-corrected chi connectivity index (χ1v) is 3.10. The SMILES string of the molecule is Cn1cnc2ncccc21.[H+].[H+]. The van der Waals surface area contributed by atoms with Crippen LogP contribution in [0, 0.1) is 0 Å². The molecule has 3 heteroatoms. The predicted octanol–water partition coefficient (Wildman–Crippen LogP) is 1.19. The molecule has 2 aromatic heterocycles. The molecule has 3 nitrogen and oxygen atoms in total. The van der Waals surface area contributed by atoms with E-state index in [0.29, 0.717) is 0 Å². The van der Waals surface area contributed by atoms with E-state index in [-0.39, 0.29) is 2.85 Å². The van der Waals surface area contributed by atoms with Crippen LogP contribution in [0.15, 0.2) is 24.7 Å². The fourth-order valence-corrected chi connectivity index (χ4v) is 0.967. The van der Waals surface area contributed by atoms with E-state index in [0.717, 1.165) is 11.2 Å². The molecule has 0 aliphatic rings. The Labute approximate surface area is 61.3 Å². The van der Waals surface area contributed by atoms with Gasteiger partial charge in [0.1, 0.15) is 0 Å². The van der Waals surface area contributed by atoms with Crippen LogP contribution in [0.2, 0.25) is 0 Å². The highest BCUT2D eigenvalue weighted by Gasteiger charge is 1.95. The number of nitrogens with zero attached hydrogens (tertiary/aromatic N) is 3. The smallest absolute Gasteiger partial charge is 0.332 e. The van der Waals surface area contributed by atoms with Gasteiger partial charge in [-0.05, 0) is 12.1 Å². The summed E-state index contributed by atoms with van der Waals surface area (Å²) in [6, 6.07) is 3.90. The van der Waals surface area contributed by atoms with Crippen molar-refractivity contribution in [2.24, 2.45) is 7.05 Å². The van der Waals surface area contributed by atoms with Crippen molar-refractivity contribution >= 4 is 11.2 Å². The first-order valence-electron chi connectivity index (χ1n) is 3.10. The first kappa shape index (κ1) is 5.41. The van der Waals surface area contributed by atoms with Gasteiger partial charge in [-0.2, -0.15) is 0 Å². The number of imidazole rings is 1. The average Bonchev–Trinajstić information content (AvgIpc) is 2.34. The number of hydrogen-bond acceptors (Lipinski definition) is 2. The van der Waals surface area contributed by atoms with Crippen LogP contribution < -0.4 is 0 Å². The molecule has 0 aliphatic heterocycles. The zero-order valence-electron chi connectivity index (χ0n) is 7.65. The number of rotatable bonds is 0. The number of pyridine rings is 1. The van der Waals surface area contributed by atoms with Crippen LogP contribution >= 0.6 is 0 Å². The van der Waals surface area contributed by atoms with Crippen LogP contribution in [-0.2, 0) is 7.05 Å². The topological polar surface area (TPSA) is 30.7 Å². The second-order valence-corrected chi connectivity index (χ2v) is 2.20. The minimum Gasteiger partial charge on any atom is -0.332 e. The molecule has 0 unspecified atom stereocenters. The number of hydrogen-bond donors (Lipinski definition) is 0. The molecule has 0 aliphatic carbocycles. The monoisotopic (exact) mass is 135 g/mol. The number of aryl methyl sites for hydroxylation is 1. The van der Waals surface area contributed by atoms with Crippen molar-refractivity contribution in [2.45, 2.75) is 0 Å². The van der Waals surface area contributed by atoms with Gasteiger partial charge >= 0.3 is 2.85 Å². The second kappa shape index (κ2) is 1.80. The molecule has 2 heterocycles. The summed E-state index contributed by atoms with van der Waals surface area (Å²) in [4.78, 5) is 8.14. The van der Waals surface area contributed by atoms with Gasteiger partial charge in [0.05, 0.1) is 11.8 Å². The maximum atomic E-state index is 4.07. The Hall–Kier alpha value is -1.38. The summed E-state index contributed by atoms with van der Waals surface area (Å²) in [5.41, 5.74) is 1.88. The van der Waals surface area contributed by atoms with Crippen molar-refractivity contribution in [3.05, 3.63) is 24.7 Å². The second-order valence-electron chi connectivity index (χ2n) is 2.20. The van der Waals surface area contributed by atoms with Crippen molar-refractivity contribution in [3.8, 4) is 0 Å². The van der Waals surface area contributed by atoms with Crippen LogP contribution in [0.25, 0.3) is 11.2 Å². The third kappa shape index (κ3) is 0.603. The van der Waals surface area contributed by atoms with Crippen molar-refractivity contribution in [1.82, 2.24) is 14.5 Å². The molecule has 0 spiro atoms. The molecular weight excluding hydrogens is 126 g/mol. The molecule has 2 aromatic rings. The van der Waals surface area contributed by atoms with E-state index in [1.165, 1.54) is 0 Å². The van der Waals surface area contributed by atoms with E-state index in [1.54, 1.807) is 12.5 Å². The highest BCUT2D eigenvalue weighted by Crippen LogP contribution is 2.05. The quantitative estimate of drug-likeness (QED) is 0.543. The summed E-state index contributed by atoms with van der Waals surface area (Å²) in [5.74, 6) is 0. The largest absolute Gasteiger partial charge is 1.00 e. The van der Waals surface area contributed by atoms with E-state index in [2.05, 4.69) is 9.97 Å². The lowest BCUT2D eigenvalue weighted by atomic mass is 10.4. The van der Waals surface area contributed by atoms with Crippen LogP contribution in [-0.4, -0.2) is 14.5 Å². The highest BCUT2D eigenvalue weighted by atomic mass is 15.0. The summed E-state index contributed by atoms with van der Waals surface area (Å²) in [6.45, 7) is 0. The van der Waals surface area contributed by atoms with Crippen molar-refractivity contribution in [2.75, 3.05) is 0 Å². The lowest BCUT2D eigenvalue weighted by molar-refractivity contribution is 0.947. The summed E-state index contributed by atoms with van der Waals surface area (Å²) in [7, 11) is 1.96. The summed E-state index contributed by atoms with van der Waals surface area (Å²) in [5, 5.41) is 0. The molecule has 0 saturated carbocycles. The normalized spacial score (nSPS) is 10.5. The number of fused-ring (bicyclic) bond motifs is 1. The van der Waals surface area contributed by atoms with Crippen LogP contribution in [0.4, 0.5) is 0 Å². The van der Waals surface area contributed by atoms with E-state index in [1.807, 2.05) is 23.7 Å². The molecule has 0 atom stereocenters. The lowest BCUT2D eigenvalue weighted by Gasteiger charge is -1.89. The zero-order chi connectivity index (χ0) is 6.97. The molecule has 0 N–H and O–H groups in total. The predicted molar refractivity (Wildman–Crippen MR) is 40.7 cm³/mol. The maximum absolute atomic E-state index is 4.07. The third-order valence-corrected chi connectivity index (χ3v) is 1.50. The van der Waals surface area contributed by atoms with Crippen LogP contribution in [0.3, 0.4) is 0 Å². The Morgan fingerprint density at radius 1 is 1.50 bits per heavy atom. The number of aromatic nitrogens is 3. The zero-order valence-corrected chi connectivity index (χ0v) is 5.65. The van der Waals surface area contributed by atoms with Crippen LogP contribution in [0.1, 0.15) is 2.85 Å². The minimum absolute atomic E-state index is 0. The maximum Gasteiger partial charge on any atom is 1.00 e. The van der Waals surface area contributed by atoms with Crippen molar-refractivity contribution in [1.29, 1.82) is 0 Å². The Morgan fingerprint density at radius 2 is 2.40 bits per heavy atom. The lowest BCUT2D eigenvalue weighted by Crippen LogP contribution is -1.82. The Balaban J connectivity index is 0.000000605. The van der Waals surface area contributed by atoms with E-state index < -0.39 is 0 Å². The van der Waals surface area contributed by atoms with Gasteiger partial charge in [0, 0.05) is 13.2 Å². The Bertz CT molecular complexity index is 358. The fraction of sp³-hybridized carbons (Fsp3) is 0.143. The van der Waals surface area contributed by atoms with Crippen molar-refractivity contribution < 1.29 is 2.85 Å². The first-order chi connectivity index (χ1) is 4.88. The van der Waals surface area contributed by atoms with Crippen LogP contribution in [0.5, 0.6) is 0 Å². The summed E-state index contributed by atoms with van der Waals surface area (Å²) >= 11 is 0. The van der Waals surface area contributed by atoms with E-state index >= 15 is 0 Å². The molecule has 0 saturated heterocycles. The van der Waals surface area contributed by atoms with Gasteiger partial charge in [-0.3, -0.25) is 0 Å². The van der Waals surface area contributed by atoms with Crippen molar-refractivity contribution in [3.63, 3.8) is 0 Å². The standard InChI is InChI=1S/C7H7N3/c1-10-5-9-7-6(10)3-2-4-8-7/h2-5H,1H3/p+2. The summed E-state index contributed by atoms with van der Waals surface area (Å²) in [6.07, 6.45) is 3.51. The average molecular weight is 135 g/mol. The Kier molecular flexibility index (Phi) is 0.974. The van der Waals surface area contributed by atoms with Gasteiger partial charge in [0.15, 0.2) is 5.65 Å². The molecule has 50 valence electrons. The molecule has 0 amide bonds. The highest BCUT2D eigenvalue weighted by molar-refractivity contribution is 5.69. The van der Waals surface area contributed by atoms with Gasteiger partial charge < -0.3 is 4.57 Å². The van der Waals surface area contributed by atoms with Gasteiger partial charge in [0.2, 0.25) is 0 Å².